The van der Waals surface area contributed by atoms with Crippen LogP contribution in [0.1, 0.15) is 10.4 Å². The van der Waals surface area contributed by atoms with Crippen LogP contribution in [0.4, 0.5) is 0 Å². The summed E-state index contributed by atoms with van der Waals surface area (Å²) in [4.78, 5) is 11.2. The minimum absolute atomic E-state index is 0.0715. The summed E-state index contributed by atoms with van der Waals surface area (Å²) in [6.45, 7) is 0.700. The fraction of sp³-hybridized carbons (Fsp3) is 0.429. The van der Waals surface area contributed by atoms with Gasteiger partial charge in [-0.3, -0.25) is 9.89 Å². The third-order valence-corrected chi connectivity index (χ3v) is 1.96. The zero-order valence-corrected chi connectivity index (χ0v) is 7.65. The molecule has 0 radical (unpaired) electrons. The van der Waals surface area contributed by atoms with E-state index in [1.165, 1.54) is 6.20 Å². The Bertz CT molecular complexity index is 235. The van der Waals surface area contributed by atoms with Gasteiger partial charge in [0.05, 0.1) is 11.8 Å². The topological polar surface area (TPSA) is 57.8 Å². The van der Waals surface area contributed by atoms with Gasteiger partial charge in [0.25, 0.3) is 5.91 Å². The van der Waals surface area contributed by atoms with Gasteiger partial charge in [-0.25, -0.2) is 0 Å². The predicted octanol–water partition coefficient (Wildman–Crippen LogP) is 0.502. The number of aromatic amines is 1. The van der Waals surface area contributed by atoms with E-state index in [9.17, 15) is 4.79 Å². The molecule has 1 amide bonds. The summed E-state index contributed by atoms with van der Waals surface area (Å²) in [6.07, 6.45) is 5.09. The number of aromatic nitrogens is 2. The molecule has 0 spiro atoms. The number of nitrogens with one attached hydrogen (secondary N) is 2. The molecule has 1 rings (SSSR count). The fourth-order valence-corrected chi connectivity index (χ4v) is 1.05. The minimum atomic E-state index is -0.0715. The van der Waals surface area contributed by atoms with Gasteiger partial charge < -0.3 is 5.32 Å². The number of H-pyrrole nitrogens is 1. The lowest BCUT2D eigenvalue weighted by atomic mass is 10.3. The molecule has 0 saturated carbocycles. The first-order valence-corrected chi connectivity index (χ1v) is 5.00. The SMILES string of the molecule is CSCCNC(=O)c1cn[nH]c1. The van der Waals surface area contributed by atoms with Gasteiger partial charge in [-0.2, -0.15) is 16.9 Å². The van der Waals surface area contributed by atoms with Crippen LogP contribution in [-0.2, 0) is 0 Å². The molecule has 12 heavy (non-hydrogen) atoms. The molecule has 1 heterocycles. The van der Waals surface area contributed by atoms with Crippen molar-refractivity contribution in [2.75, 3.05) is 18.6 Å². The van der Waals surface area contributed by atoms with Gasteiger partial charge in [0, 0.05) is 18.5 Å². The minimum Gasteiger partial charge on any atom is -0.351 e. The molecule has 1 aromatic heterocycles. The first-order valence-electron chi connectivity index (χ1n) is 3.60. The normalized spacial score (nSPS) is 9.75. The first kappa shape index (κ1) is 9.12. The van der Waals surface area contributed by atoms with Crippen LogP contribution in [0, 0.1) is 0 Å². The van der Waals surface area contributed by atoms with Gasteiger partial charge in [-0.1, -0.05) is 0 Å². The van der Waals surface area contributed by atoms with E-state index in [0.29, 0.717) is 12.1 Å². The summed E-state index contributed by atoms with van der Waals surface area (Å²) in [5.41, 5.74) is 0.580. The van der Waals surface area contributed by atoms with Crippen LogP contribution in [0.2, 0.25) is 0 Å². The molecule has 2 N–H and O–H groups in total. The van der Waals surface area contributed by atoms with E-state index in [1.807, 2.05) is 6.26 Å². The molecule has 1 aromatic rings. The Morgan fingerprint density at radius 3 is 3.25 bits per heavy atom. The van der Waals surface area contributed by atoms with Crippen molar-refractivity contribution in [3.8, 4) is 0 Å². The highest BCUT2D eigenvalue weighted by atomic mass is 32.2. The zero-order chi connectivity index (χ0) is 8.81. The molecule has 4 nitrogen and oxygen atoms in total. The maximum atomic E-state index is 11.2. The second-order valence-corrected chi connectivity index (χ2v) is 3.22. The van der Waals surface area contributed by atoms with Crippen molar-refractivity contribution in [1.29, 1.82) is 0 Å². The van der Waals surface area contributed by atoms with E-state index in [4.69, 9.17) is 0 Å². The molecule has 0 aliphatic rings. The second kappa shape index (κ2) is 4.82. The van der Waals surface area contributed by atoms with E-state index in [2.05, 4.69) is 15.5 Å². The summed E-state index contributed by atoms with van der Waals surface area (Å²) in [7, 11) is 0. The van der Waals surface area contributed by atoms with E-state index in [0.717, 1.165) is 5.75 Å². The molecule has 0 bridgehead atoms. The molecule has 0 aromatic carbocycles. The van der Waals surface area contributed by atoms with E-state index in [-0.39, 0.29) is 5.91 Å². The molecule has 0 saturated heterocycles. The summed E-state index contributed by atoms with van der Waals surface area (Å²) in [5, 5.41) is 9.03. The van der Waals surface area contributed by atoms with Crippen LogP contribution < -0.4 is 5.32 Å². The largest absolute Gasteiger partial charge is 0.351 e. The van der Waals surface area contributed by atoms with Crippen molar-refractivity contribution in [2.45, 2.75) is 0 Å². The Balaban J connectivity index is 2.30. The lowest BCUT2D eigenvalue weighted by Gasteiger charge is -2.00. The Hall–Kier alpha value is -0.970. The Morgan fingerprint density at radius 2 is 2.67 bits per heavy atom. The third kappa shape index (κ3) is 2.58. The number of rotatable bonds is 4. The summed E-state index contributed by atoms with van der Waals surface area (Å²) in [6, 6.07) is 0. The maximum absolute atomic E-state index is 11.2. The summed E-state index contributed by atoms with van der Waals surface area (Å²) < 4.78 is 0. The molecule has 0 atom stereocenters. The number of nitrogens with zero attached hydrogens (tertiary/aromatic N) is 1. The van der Waals surface area contributed by atoms with Gasteiger partial charge in [0.2, 0.25) is 0 Å². The van der Waals surface area contributed by atoms with Crippen LogP contribution >= 0.6 is 11.8 Å². The van der Waals surface area contributed by atoms with Crippen molar-refractivity contribution in [3.63, 3.8) is 0 Å². The van der Waals surface area contributed by atoms with E-state index >= 15 is 0 Å². The van der Waals surface area contributed by atoms with Gasteiger partial charge in [0.1, 0.15) is 0 Å². The number of carbonyl (C=O) groups excluding carboxylic acids is 1. The zero-order valence-electron chi connectivity index (χ0n) is 6.83. The molecule has 5 heteroatoms. The Kier molecular flexibility index (Phi) is 3.66. The standard InChI is InChI=1S/C7H11N3OS/c1-12-3-2-8-7(11)6-4-9-10-5-6/h4-5H,2-3H2,1H3,(H,8,11)(H,9,10). The fourth-order valence-electron chi connectivity index (χ4n) is 0.744. The van der Waals surface area contributed by atoms with Crippen molar-refractivity contribution < 1.29 is 4.79 Å². The van der Waals surface area contributed by atoms with Crippen LogP contribution in [0.25, 0.3) is 0 Å². The van der Waals surface area contributed by atoms with Gasteiger partial charge in [-0.15, -0.1) is 0 Å². The molecular weight excluding hydrogens is 174 g/mol. The summed E-state index contributed by atoms with van der Waals surface area (Å²) >= 11 is 1.70. The summed E-state index contributed by atoms with van der Waals surface area (Å²) in [5.74, 6) is 0.863. The predicted molar refractivity (Wildman–Crippen MR) is 49.3 cm³/mol. The van der Waals surface area contributed by atoms with Crippen LogP contribution in [0.5, 0.6) is 0 Å². The highest BCUT2D eigenvalue weighted by Crippen LogP contribution is 1.93. The third-order valence-electron chi connectivity index (χ3n) is 1.35. The molecule has 0 fully saturated rings. The maximum Gasteiger partial charge on any atom is 0.254 e. The highest BCUT2D eigenvalue weighted by Gasteiger charge is 2.03. The number of hydrogen-bond donors (Lipinski definition) is 2. The number of hydrogen-bond acceptors (Lipinski definition) is 3. The quantitative estimate of drug-likeness (QED) is 0.672. The molecule has 0 aliphatic heterocycles. The molecule has 66 valence electrons. The number of carbonyl (C=O) groups is 1. The molecular formula is C7H11N3OS. The average molecular weight is 185 g/mol. The lowest BCUT2D eigenvalue weighted by molar-refractivity contribution is 0.0956. The van der Waals surface area contributed by atoms with Crippen molar-refractivity contribution in [3.05, 3.63) is 18.0 Å². The van der Waals surface area contributed by atoms with Gasteiger partial charge in [-0.05, 0) is 6.26 Å². The van der Waals surface area contributed by atoms with E-state index in [1.54, 1.807) is 18.0 Å². The molecule has 0 aliphatic carbocycles. The lowest BCUT2D eigenvalue weighted by Crippen LogP contribution is -2.25. The van der Waals surface area contributed by atoms with Crippen LogP contribution in [0.15, 0.2) is 12.4 Å². The number of thioether (sulfide) groups is 1. The highest BCUT2D eigenvalue weighted by molar-refractivity contribution is 7.98. The van der Waals surface area contributed by atoms with Crippen LogP contribution in [-0.4, -0.2) is 34.7 Å². The van der Waals surface area contributed by atoms with E-state index < -0.39 is 0 Å². The second-order valence-electron chi connectivity index (χ2n) is 2.24. The monoisotopic (exact) mass is 185 g/mol. The van der Waals surface area contributed by atoms with Crippen molar-refractivity contribution in [2.24, 2.45) is 0 Å². The molecule has 0 unspecified atom stereocenters. The van der Waals surface area contributed by atoms with Gasteiger partial charge >= 0.3 is 0 Å². The Morgan fingerprint density at radius 1 is 1.83 bits per heavy atom. The van der Waals surface area contributed by atoms with Gasteiger partial charge in [0.15, 0.2) is 0 Å². The Labute approximate surface area is 75.1 Å². The smallest absolute Gasteiger partial charge is 0.254 e. The van der Waals surface area contributed by atoms with Crippen molar-refractivity contribution in [1.82, 2.24) is 15.5 Å². The average Bonchev–Trinajstić information content (AvgIpc) is 2.56. The first-order chi connectivity index (χ1) is 5.84. The van der Waals surface area contributed by atoms with Crippen LogP contribution in [0.3, 0.4) is 0 Å². The van der Waals surface area contributed by atoms with Crippen molar-refractivity contribution >= 4 is 17.7 Å². The number of amides is 1.